The first-order valence-electron chi connectivity index (χ1n) is 9.27. The molecule has 0 radical (unpaired) electrons. The predicted molar refractivity (Wildman–Crippen MR) is 88.3 cm³/mol. The quantitative estimate of drug-likeness (QED) is 0.721. The summed E-state index contributed by atoms with van der Waals surface area (Å²) in [6, 6.07) is 0. The Morgan fingerprint density at radius 2 is 1.82 bits per heavy atom. The van der Waals surface area contributed by atoms with E-state index in [1.807, 2.05) is 0 Å². The van der Waals surface area contributed by atoms with Crippen molar-refractivity contribution in [1.82, 2.24) is 0 Å². The number of hydrogen-bond donors (Lipinski definition) is 2. The van der Waals surface area contributed by atoms with E-state index < -0.39 is 0 Å². The number of rotatable bonds is 1. The summed E-state index contributed by atoms with van der Waals surface area (Å²) in [5.41, 5.74) is 0.616. The Labute approximate surface area is 135 Å². The van der Waals surface area contributed by atoms with Crippen molar-refractivity contribution in [3.05, 3.63) is 12.2 Å². The van der Waals surface area contributed by atoms with Crippen molar-refractivity contribution in [3.8, 4) is 0 Å². The lowest BCUT2D eigenvalue weighted by Gasteiger charge is -2.66. The van der Waals surface area contributed by atoms with E-state index in [2.05, 4.69) is 32.9 Å². The van der Waals surface area contributed by atoms with Crippen molar-refractivity contribution in [3.63, 3.8) is 0 Å². The average Bonchev–Trinajstić information content (AvgIpc) is 2.74. The number of hydrogen-bond acceptors (Lipinski definition) is 2. The summed E-state index contributed by atoms with van der Waals surface area (Å²) < 4.78 is 0. The van der Waals surface area contributed by atoms with E-state index in [1.165, 1.54) is 25.7 Å². The van der Waals surface area contributed by atoms with E-state index in [9.17, 15) is 10.2 Å². The summed E-state index contributed by atoms with van der Waals surface area (Å²) in [6.45, 7) is 7.39. The number of aliphatic hydroxyl groups excluding tert-OH is 2. The second-order valence-electron chi connectivity index (χ2n) is 9.84. The molecule has 0 saturated heterocycles. The van der Waals surface area contributed by atoms with Crippen LogP contribution in [0.2, 0.25) is 0 Å². The molecule has 0 aliphatic heterocycles. The van der Waals surface area contributed by atoms with Gasteiger partial charge in [0.2, 0.25) is 0 Å². The minimum atomic E-state index is -0.224. The normalized spacial score (nSPS) is 60.0. The first-order valence-corrected chi connectivity index (χ1v) is 9.27. The molecule has 2 N–H and O–H groups in total. The van der Waals surface area contributed by atoms with Crippen LogP contribution in [0.4, 0.5) is 0 Å². The van der Waals surface area contributed by atoms with Gasteiger partial charge >= 0.3 is 0 Å². The molecule has 7 atom stereocenters. The molecule has 124 valence electrons. The number of aliphatic hydroxyl groups is 2. The molecule has 22 heavy (non-hydrogen) atoms. The van der Waals surface area contributed by atoms with E-state index in [-0.39, 0.29) is 29.0 Å². The Bertz CT molecular complexity index is 514. The van der Waals surface area contributed by atoms with Crippen LogP contribution < -0.4 is 0 Å². The summed E-state index contributed by atoms with van der Waals surface area (Å²) in [7, 11) is 0. The molecule has 4 aliphatic rings. The van der Waals surface area contributed by atoms with Crippen LogP contribution in [0.3, 0.4) is 0 Å². The van der Waals surface area contributed by atoms with Gasteiger partial charge in [0.15, 0.2) is 0 Å². The molecule has 1 spiro atoms. The molecule has 0 aromatic heterocycles. The molecular weight excluding hydrogens is 272 g/mol. The minimum absolute atomic E-state index is 0.00133. The highest BCUT2D eigenvalue weighted by molar-refractivity contribution is 5.27. The highest BCUT2D eigenvalue weighted by Crippen LogP contribution is 2.71. The van der Waals surface area contributed by atoms with Crippen LogP contribution in [-0.4, -0.2) is 22.9 Å². The van der Waals surface area contributed by atoms with Crippen molar-refractivity contribution in [1.29, 1.82) is 0 Å². The fourth-order valence-electron chi connectivity index (χ4n) is 7.35. The van der Waals surface area contributed by atoms with Gasteiger partial charge in [0.1, 0.15) is 0 Å². The first-order chi connectivity index (χ1) is 10.3. The monoisotopic (exact) mass is 304 g/mol. The Balaban J connectivity index is 1.78. The smallest absolute Gasteiger partial charge is 0.0637 e. The zero-order chi connectivity index (χ0) is 15.8. The molecule has 0 heterocycles. The van der Waals surface area contributed by atoms with Gasteiger partial charge in [-0.15, -0.1) is 0 Å². The van der Waals surface area contributed by atoms with Gasteiger partial charge in [0, 0.05) is 12.0 Å². The van der Waals surface area contributed by atoms with E-state index in [0.717, 1.165) is 19.3 Å². The predicted octanol–water partition coefficient (Wildman–Crippen LogP) is 3.92. The third kappa shape index (κ3) is 1.69. The Hall–Kier alpha value is -0.340. The van der Waals surface area contributed by atoms with Crippen molar-refractivity contribution in [2.45, 2.75) is 71.8 Å². The van der Waals surface area contributed by atoms with E-state index >= 15 is 0 Å². The molecule has 0 unspecified atom stereocenters. The van der Waals surface area contributed by atoms with Crippen molar-refractivity contribution in [2.75, 3.05) is 6.61 Å². The standard InChI is InChI=1S/C20H32O2/c1-17-8-5-14-19(3)7-4-6-18(2,13-21)15(19)11-16(22)20(14,12-17)10-9-17/h9-10,14-16,21-22H,4-8,11-13H2,1-3H3/t14-,15+,16+,17+,18+,19-,20+/m1/s1. The highest BCUT2D eigenvalue weighted by Gasteiger charge is 2.66. The van der Waals surface area contributed by atoms with Gasteiger partial charge in [-0.05, 0) is 66.6 Å². The largest absolute Gasteiger partial charge is 0.396 e. The van der Waals surface area contributed by atoms with E-state index in [1.54, 1.807) is 0 Å². The maximum atomic E-state index is 11.1. The molecule has 4 aliphatic carbocycles. The first kappa shape index (κ1) is 15.2. The molecule has 3 fully saturated rings. The molecule has 4 rings (SSSR count). The summed E-state index contributed by atoms with van der Waals surface area (Å²) in [5.74, 6) is 1.05. The second-order valence-corrected chi connectivity index (χ2v) is 9.84. The van der Waals surface area contributed by atoms with E-state index in [0.29, 0.717) is 17.3 Å². The van der Waals surface area contributed by atoms with Crippen LogP contribution in [0.15, 0.2) is 12.2 Å². The summed E-state index contributed by atoms with van der Waals surface area (Å²) in [5, 5.41) is 21.2. The molecule has 2 heteroatoms. The lowest BCUT2D eigenvalue weighted by Crippen LogP contribution is -2.62. The van der Waals surface area contributed by atoms with Crippen molar-refractivity contribution >= 4 is 0 Å². The van der Waals surface area contributed by atoms with Gasteiger partial charge in [0.25, 0.3) is 0 Å². The van der Waals surface area contributed by atoms with Gasteiger partial charge < -0.3 is 10.2 Å². The Morgan fingerprint density at radius 1 is 1.05 bits per heavy atom. The Morgan fingerprint density at radius 3 is 2.55 bits per heavy atom. The fourth-order valence-corrected chi connectivity index (χ4v) is 7.35. The lowest BCUT2D eigenvalue weighted by molar-refractivity contribution is -0.198. The number of fused-ring (bicyclic) bond motifs is 3. The maximum absolute atomic E-state index is 11.1. The number of allylic oxidation sites excluding steroid dienone is 1. The minimum Gasteiger partial charge on any atom is -0.396 e. The van der Waals surface area contributed by atoms with Gasteiger partial charge in [-0.1, -0.05) is 39.3 Å². The van der Waals surface area contributed by atoms with Crippen molar-refractivity contribution in [2.24, 2.45) is 33.5 Å². The summed E-state index contributed by atoms with van der Waals surface area (Å²) in [4.78, 5) is 0. The lowest BCUT2D eigenvalue weighted by atomic mass is 9.39. The van der Waals surface area contributed by atoms with Crippen LogP contribution in [-0.2, 0) is 0 Å². The SMILES string of the molecule is C[C@]12C=C[C@]3(C1)[C@H](CC2)[C@@]1(C)CCC[C@@](C)(CO)[C@@H]1C[C@@H]3O. The molecule has 0 aromatic carbocycles. The van der Waals surface area contributed by atoms with Crippen LogP contribution in [0.1, 0.15) is 65.7 Å². The topological polar surface area (TPSA) is 40.5 Å². The molecular formula is C20H32O2. The molecule has 0 aromatic rings. The van der Waals surface area contributed by atoms with Gasteiger partial charge in [-0.25, -0.2) is 0 Å². The molecule has 0 amide bonds. The average molecular weight is 304 g/mol. The third-order valence-corrected chi connectivity index (χ3v) is 8.50. The van der Waals surface area contributed by atoms with Crippen LogP contribution >= 0.6 is 0 Å². The second kappa shape index (κ2) is 4.39. The van der Waals surface area contributed by atoms with Crippen molar-refractivity contribution < 1.29 is 10.2 Å². The Kier molecular flexibility index (Phi) is 3.03. The summed E-state index contributed by atoms with van der Waals surface area (Å²) >= 11 is 0. The summed E-state index contributed by atoms with van der Waals surface area (Å²) in [6.07, 6.45) is 12.7. The molecule has 2 nitrogen and oxygen atoms in total. The van der Waals surface area contributed by atoms with Crippen LogP contribution in [0.25, 0.3) is 0 Å². The third-order valence-electron chi connectivity index (χ3n) is 8.50. The fraction of sp³-hybridized carbons (Fsp3) is 0.900. The van der Waals surface area contributed by atoms with Gasteiger partial charge in [-0.2, -0.15) is 0 Å². The molecule has 2 bridgehead atoms. The highest BCUT2D eigenvalue weighted by atomic mass is 16.3. The van der Waals surface area contributed by atoms with E-state index in [4.69, 9.17) is 0 Å². The zero-order valence-corrected chi connectivity index (χ0v) is 14.4. The zero-order valence-electron chi connectivity index (χ0n) is 14.4. The van der Waals surface area contributed by atoms with Crippen LogP contribution in [0, 0.1) is 33.5 Å². The molecule has 3 saturated carbocycles. The van der Waals surface area contributed by atoms with Crippen LogP contribution in [0.5, 0.6) is 0 Å². The maximum Gasteiger partial charge on any atom is 0.0637 e. The van der Waals surface area contributed by atoms with Gasteiger partial charge in [0.05, 0.1) is 6.10 Å². The van der Waals surface area contributed by atoms with Gasteiger partial charge in [-0.3, -0.25) is 0 Å².